The summed E-state index contributed by atoms with van der Waals surface area (Å²) < 4.78 is 11.4. The van der Waals surface area contributed by atoms with Crippen molar-refractivity contribution in [3.8, 4) is 11.5 Å². The third-order valence-corrected chi connectivity index (χ3v) is 4.31. The van der Waals surface area contributed by atoms with Crippen molar-refractivity contribution in [3.05, 3.63) is 18.2 Å². The fraction of sp³-hybridized carbons (Fsp3) is 0.647. The molecular formula is C17H27NO2S. The van der Waals surface area contributed by atoms with E-state index < -0.39 is 0 Å². The van der Waals surface area contributed by atoms with Crippen molar-refractivity contribution in [1.82, 2.24) is 5.32 Å². The first-order valence-corrected chi connectivity index (χ1v) is 8.76. The molecule has 0 atom stereocenters. The van der Waals surface area contributed by atoms with Crippen LogP contribution >= 0.6 is 11.8 Å². The minimum Gasteiger partial charge on any atom is -0.490 e. The van der Waals surface area contributed by atoms with E-state index in [2.05, 4.69) is 38.2 Å². The highest BCUT2D eigenvalue weighted by atomic mass is 32.2. The largest absolute Gasteiger partial charge is 0.490 e. The van der Waals surface area contributed by atoms with Crippen LogP contribution in [0.5, 0.6) is 11.5 Å². The van der Waals surface area contributed by atoms with Gasteiger partial charge in [0.05, 0.1) is 13.2 Å². The number of hydrogen-bond donors (Lipinski definition) is 1. The quantitative estimate of drug-likeness (QED) is 0.636. The second-order valence-corrected chi connectivity index (χ2v) is 7.74. The number of rotatable bonds is 6. The molecular weight excluding hydrogens is 282 g/mol. The Hall–Kier alpha value is -0.870. The lowest BCUT2D eigenvalue weighted by Gasteiger charge is -2.18. The summed E-state index contributed by atoms with van der Waals surface area (Å²) in [5.74, 6) is 2.84. The van der Waals surface area contributed by atoms with E-state index in [9.17, 15) is 0 Å². The Morgan fingerprint density at radius 1 is 1.10 bits per heavy atom. The van der Waals surface area contributed by atoms with Crippen molar-refractivity contribution in [2.24, 2.45) is 5.41 Å². The number of benzene rings is 1. The Balaban J connectivity index is 1.70. The lowest BCUT2D eigenvalue weighted by atomic mass is 9.92. The number of thioether (sulfide) groups is 1. The maximum atomic E-state index is 5.72. The molecule has 0 unspecified atom stereocenters. The van der Waals surface area contributed by atoms with Crippen LogP contribution in [0.25, 0.3) is 0 Å². The summed E-state index contributed by atoms with van der Waals surface area (Å²) >= 11 is 1.86. The van der Waals surface area contributed by atoms with Crippen molar-refractivity contribution in [2.45, 2.75) is 38.5 Å². The van der Waals surface area contributed by atoms with Crippen LogP contribution in [0.1, 0.15) is 33.6 Å². The van der Waals surface area contributed by atoms with Gasteiger partial charge in [-0.1, -0.05) is 20.8 Å². The Morgan fingerprint density at radius 3 is 2.62 bits per heavy atom. The molecule has 2 rings (SSSR count). The van der Waals surface area contributed by atoms with Crippen LogP contribution in [0.15, 0.2) is 23.1 Å². The van der Waals surface area contributed by atoms with E-state index in [4.69, 9.17) is 9.47 Å². The summed E-state index contributed by atoms with van der Waals surface area (Å²) in [6.07, 6.45) is 2.16. The van der Waals surface area contributed by atoms with Gasteiger partial charge in [0, 0.05) is 23.6 Å². The molecule has 1 aromatic carbocycles. The van der Waals surface area contributed by atoms with Gasteiger partial charge in [-0.25, -0.2) is 0 Å². The predicted octanol–water partition coefficient (Wildman–Crippen LogP) is 3.97. The Labute approximate surface area is 132 Å². The van der Waals surface area contributed by atoms with Crippen molar-refractivity contribution in [1.29, 1.82) is 0 Å². The Bertz CT molecular complexity index is 443. The van der Waals surface area contributed by atoms with Crippen molar-refractivity contribution < 1.29 is 9.47 Å². The number of hydrogen-bond acceptors (Lipinski definition) is 4. The summed E-state index contributed by atoms with van der Waals surface area (Å²) in [5, 5.41) is 3.51. The molecule has 0 aromatic heterocycles. The molecule has 0 bridgehead atoms. The van der Waals surface area contributed by atoms with Gasteiger partial charge in [0.15, 0.2) is 11.5 Å². The van der Waals surface area contributed by atoms with E-state index in [1.165, 1.54) is 11.3 Å². The third kappa shape index (κ3) is 6.18. The molecule has 1 aromatic rings. The summed E-state index contributed by atoms with van der Waals surface area (Å²) in [7, 11) is 0. The fourth-order valence-corrected chi connectivity index (χ4v) is 2.90. The molecule has 1 N–H and O–H groups in total. The van der Waals surface area contributed by atoms with Gasteiger partial charge in [0.2, 0.25) is 0 Å². The molecule has 1 aliphatic rings. The standard InChI is InChI=1S/C17H27NO2S/c1-17(2,3)7-8-18-9-12-21-14-5-6-15-16(13-14)20-11-4-10-19-15/h5-6,13,18H,4,7-12H2,1-3H3. The Kier molecular flexibility index (Phi) is 6.24. The molecule has 3 nitrogen and oxygen atoms in total. The first-order valence-electron chi connectivity index (χ1n) is 7.78. The van der Waals surface area contributed by atoms with E-state index in [1.807, 2.05) is 17.8 Å². The van der Waals surface area contributed by atoms with Crippen LogP contribution < -0.4 is 14.8 Å². The Morgan fingerprint density at radius 2 is 1.86 bits per heavy atom. The highest BCUT2D eigenvalue weighted by Gasteiger charge is 2.11. The zero-order valence-electron chi connectivity index (χ0n) is 13.4. The highest BCUT2D eigenvalue weighted by Crippen LogP contribution is 2.33. The second-order valence-electron chi connectivity index (χ2n) is 6.57. The molecule has 21 heavy (non-hydrogen) atoms. The first kappa shape index (κ1) is 16.5. The average molecular weight is 309 g/mol. The number of nitrogens with one attached hydrogen (secondary N) is 1. The van der Waals surface area contributed by atoms with Gasteiger partial charge >= 0.3 is 0 Å². The van der Waals surface area contributed by atoms with Gasteiger partial charge in [0.25, 0.3) is 0 Å². The lowest BCUT2D eigenvalue weighted by molar-refractivity contribution is 0.297. The van der Waals surface area contributed by atoms with Crippen LogP contribution in [0.4, 0.5) is 0 Å². The predicted molar refractivity (Wildman–Crippen MR) is 89.7 cm³/mol. The molecule has 0 aliphatic carbocycles. The van der Waals surface area contributed by atoms with Crippen molar-refractivity contribution >= 4 is 11.8 Å². The van der Waals surface area contributed by atoms with Crippen LogP contribution in [0, 0.1) is 5.41 Å². The van der Waals surface area contributed by atoms with Crippen LogP contribution in [-0.2, 0) is 0 Å². The maximum absolute atomic E-state index is 5.72. The summed E-state index contributed by atoms with van der Waals surface area (Å²) in [4.78, 5) is 1.25. The molecule has 118 valence electrons. The SMILES string of the molecule is CC(C)(C)CCNCCSc1ccc2c(c1)OCCCO2. The van der Waals surface area contributed by atoms with E-state index in [0.29, 0.717) is 5.41 Å². The van der Waals surface area contributed by atoms with Crippen LogP contribution in [-0.4, -0.2) is 32.1 Å². The van der Waals surface area contributed by atoms with E-state index in [-0.39, 0.29) is 0 Å². The maximum Gasteiger partial charge on any atom is 0.162 e. The molecule has 1 heterocycles. The van der Waals surface area contributed by atoms with Crippen molar-refractivity contribution in [2.75, 3.05) is 32.1 Å². The third-order valence-electron chi connectivity index (χ3n) is 3.32. The monoisotopic (exact) mass is 309 g/mol. The average Bonchev–Trinajstić information content (AvgIpc) is 2.66. The molecule has 4 heteroatoms. The molecule has 0 radical (unpaired) electrons. The van der Waals surface area contributed by atoms with E-state index in [1.54, 1.807) is 0 Å². The topological polar surface area (TPSA) is 30.5 Å². The minimum atomic E-state index is 0.411. The van der Waals surface area contributed by atoms with Gasteiger partial charge in [-0.05, 0) is 36.6 Å². The zero-order valence-corrected chi connectivity index (χ0v) is 14.2. The highest BCUT2D eigenvalue weighted by molar-refractivity contribution is 7.99. The number of fused-ring (bicyclic) bond motifs is 1. The summed E-state index contributed by atoms with van der Waals surface area (Å²) in [6, 6.07) is 6.24. The summed E-state index contributed by atoms with van der Waals surface area (Å²) in [5.41, 5.74) is 0.411. The molecule has 1 aliphatic heterocycles. The van der Waals surface area contributed by atoms with Crippen LogP contribution in [0.3, 0.4) is 0 Å². The first-order chi connectivity index (χ1) is 10.0. The second kappa shape index (κ2) is 7.95. The van der Waals surface area contributed by atoms with Gasteiger partial charge < -0.3 is 14.8 Å². The van der Waals surface area contributed by atoms with E-state index >= 15 is 0 Å². The van der Waals surface area contributed by atoms with Gasteiger partial charge in [-0.3, -0.25) is 0 Å². The molecule has 0 amide bonds. The van der Waals surface area contributed by atoms with Gasteiger partial charge in [-0.2, -0.15) is 0 Å². The zero-order chi connectivity index (χ0) is 15.1. The van der Waals surface area contributed by atoms with Gasteiger partial charge in [-0.15, -0.1) is 11.8 Å². The minimum absolute atomic E-state index is 0.411. The van der Waals surface area contributed by atoms with Gasteiger partial charge in [0.1, 0.15) is 0 Å². The molecule has 0 saturated carbocycles. The molecule has 0 fully saturated rings. The summed E-state index contributed by atoms with van der Waals surface area (Å²) in [6.45, 7) is 10.5. The molecule has 0 spiro atoms. The fourth-order valence-electron chi connectivity index (χ4n) is 2.06. The van der Waals surface area contributed by atoms with Crippen LogP contribution in [0.2, 0.25) is 0 Å². The number of ether oxygens (including phenoxy) is 2. The molecule has 0 saturated heterocycles. The van der Waals surface area contributed by atoms with E-state index in [0.717, 1.165) is 50.0 Å². The van der Waals surface area contributed by atoms with Crippen molar-refractivity contribution in [3.63, 3.8) is 0 Å². The smallest absolute Gasteiger partial charge is 0.162 e. The lowest BCUT2D eigenvalue weighted by Crippen LogP contribution is -2.22. The normalized spacial score (nSPS) is 14.8.